The monoisotopic (exact) mass is 270 g/mol. The van der Waals surface area contributed by atoms with E-state index in [0.29, 0.717) is 18.2 Å². The van der Waals surface area contributed by atoms with Gasteiger partial charge in [0.05, 0.1) is 6.54 Å². The second kappa shape index (κ2) is 5.45. The molecule has 0 aliphatic heterocycles. The number of amides is 1. The van der Waals surface area contributed by atoms with E-state index in [4.69, 9.17) is 0 Å². The molecule has 1 aliphatic carbocycles. The Kier molecular flexibility index (Phi) is 3.50. The number of carbonyl (C=O) groups excluding carboxylic acids is 1. The molecule has 2 aromatic rings. The van der Waals surface area contributed by atoms with E-state index in [9.17, 15) is 4.79 Å². The van der Waals surface area contributed by atoms with E-state index in [1.807, 2.05) is 24.3 Å². The van der Waals surface area contributed by atoms with Crippen molar-refractivity contribution in [3.8, 4) is 0 Å². The highest BCUT2D eigenvalue weighted by atomic mass is 16.1. The number of nitrogens with zero attached hydrogens (tertiary/aromatic N) is 3. The molecule has 1 heterocycles. The van der Waals surface area contributed by atoms with E-state index < -0.39 is 0 Å². The average molecular weight is 270 g/mol. The van der Waals surface area contributed by atoms with Crippen LogP contribution in [0.5, 0.6) is 0 Å². The van der Waals surface area contributed by atoms with Gasteiger partial charge < -0.3 is 9.88 Å². The first-order valence-electron chi connectivity index (χ1n) is 7.03. The zero-order chi connectivity index (χ0) is 13.9. The van der Waals surface area contributed by atoms with E-state index in [1.54, 1.807) is 6.33 Å². The number of carbonyl (C=O) groups is 1. The van der Waals surface area contributed by atoms with Gasteiger partial charge in [-0.15, -0.1) is 10.2 Å². The summed E-state index contributed by atoms with van der Waals surface area (Å²) >= 11 is 0. The summed E-state index contributed by atoms with van der Waals surface area (Å²) in [5.41, 5.74) is 1.91. The summed E-state index contributed by atoms with van der Waals surface area (Å²) in [6, 6.07) is 8.23. The summed E-state index contributed by atoms with van der Waals surface area (Å²) in [4.78, 5) is 12.1. The van der Waals surface area contributed by atoms with Crippen LogP contribution in [0.1, 0.15) is 47.6 Å². The van der Waals surface area contributed by atoms with E-state index in [0.717, 1.165) is 12.2 Å². The normalized spacial score (nSPS) is 14.2. The Labute approximate surface area is 118 Å². The summed E-state index contributed by atoms with van der Waals surface area (Å²) < 4.78 is 2.06. The van der Waals surface area contributed by atoms with Crippen molar-refractivity contribution in [2.24, 2.45) is 0 Å². The fourth-order valence-corrected chi connectivity index (χ4v) is 2.20. The van der Waals surface area contributed by atoms with Gasteiger partial charge in [0.25, 0.3) is 5.91 Å². The van der Waals surface area contributed by atoms with Gasteiger partial charge in [0, 0.05) is 11.6 Å². The Morgan fingerprint density at radius 2 is 2.10 bits per heavy atom. The number of rotatable bonds is 5. The maximum atomic E-state index is 12.1. The molecule has 0 saturated heterocycles. The Morgan fingerprint density at radius 3 is 2.75 bits per heavy atom. The highest BCUT2D eigenvalue weighted by Crippen LogP contribution is 2.35. The van der Waals surface area contributed by atoms with Crippen LogP contribution in [0, 0.1) is 0 Å². The lowest BCUT2D eigenvalue weighted by Crippen LogP contribution is -2.24. The lowest BCUT2D eigenvalue weighted by Gasteiger charge is -2.07. The Hall–Kier alpha value is -2.17. The van der Waals surface area contributed by atoms with Crippen molar-refractivity contribution >= 4 is 5.91 Å². The van der Waals surface area contributed by atoms with Crippen molar-refractivity contribution in [3.05, 3.63) is 47.5 Å². The summed E-state index contributed by atoms with van der Waals surface area (Å²) in [5, 5.41) is 10.9. The molecule has 1 fully saturated rings. The van der Waals surface area contributed by atoms with Gasteiger partial charge in [-0.25, -0.2) is 0 Å². The van der Waals surface area contributed by atoms with Gasteiger partial charge in [-0.05, 0) is 37.0 Å². The predicted octanol–water partition coefficient (Wildman–Crippen LogP) is 2.11. The number of nitrogens with one attached hydrogen (secondary N) is 1. The van der Waals surface area contributed by atoms with Gasteiger partial charge in [0.15, 0.2) is 5.82 Å². The molecule has 1 aromatic carbocycles. The molecule has 0 spiro atoms. The molecule has 5 nitrogen and oxygen atoms in total. The van der Waals surface area contributed by atoms with Crippen LogP contribution in [-0.2, 0) is 13.0 Å². The molecular weight excluding hydrogens is 252 g/mol. The van der Waals surface area contributed by atoms with E-state index in [-0.39, 0.29) is 5.91 Å². The molecule has 5 heteroatoms. The first-order chi connectivity index (χ1) is 9.78. The standard InChI is InChI=1S/C15H18N4O/c1-2-11-3-5-12(6-4-11)15(20)16-9-14-18-17-10-19(14)13-7-8-13/h3-6,10,13H,2,7-9H2,1H3,(H,16,20). The van der Waals surface area contributed by atoms with E-state index >= 15 is 0 Å². The summed E-state index contributed by atoms with van der Waals surface area (Å²) in [5.74, 6) is 0.754. The van der Waals surface area contributed by atoms with Gasteiger partial charge in [0.2, 0.25) is 0 Å². The molecule has 1 N–H and O–H groups in total. The summed E-state index contributed by atoms with van der Waals surface area (Å²) in [6.07, 6.45) is 5.08. The molecule has 1 amide bonds. The minimum Gasteiger partial charge on any atom is -0.345 e. The Bertz CT molecular complexity index is 599. The van der Waals surface area contributed by atoms with Crippen molar-refractivity contribution < 1.29 is 4.79 Å². The second-order valence-corrected chi connectivity index (χ2v) is 5.12. The molecular formula is C15H18N4O. The number of benzene rings is 1. The smallest absolute Gasteiger partial charge is 0.251 e. The Balaban J connectivity index is 1.62. The molecule has 1 saturated carbocycles. The second-order valence-electron chi connectivity index (χ2n) is 5.12. The molecule has 1 aliphatic rings. The van der Waals surface area contributed by atoms with E-state index in [2.05, 4.69) is 27.0 Å². The van der Waals surface area contributed by atoms with Crippen LogP contribution in [0.25, 0.3) is 0 Å². The minimum atomic E-state index is -0.0713. The van der Waals surface area contributed by atoms with Crippen molar-refractivity contribution in [2.75, 3.05) is 0 Å². The average Bonchev–Trinajstić information content (AvgIpc) is 3.23. The number of hydrogen-bond donors (Lipinski definition) is 1. The number of aromatic nitrogens is 3. The van der Waals surface area contributed by atoms with Crippen LogP contribution in [-0.4, -0.2) is 20.7 Å². The number of aryl methyl sites for hydroxylation is 1. The summed E-state index contributed by atoms with van der Waals surface area (Å²) in [6.45, 7) is 2.52. The Morgan fingerprint density at radius 1 is 1.35 bits per heavy atom. The van der Waals surface area contributed by atoms with Gasteiger partial charge in [-0.1, -0.05) is 19.1 Å². The number of hydrogen-bond acceptors (Lipinski definition) is 3. The minimum absolute atomic E-state index is 0.0713. The van der Waals surface area contributed by atoms with Crippen LogP contribution in [0.4, 0.5) is 0 Å². The molecule has 0 bridgehead atoms. The molecule has 0 unspecified atom stereocenters. The maximum absolute atomic E-state index is 12.1. The van der Waals surface area contributed by atoms with E-state index in [1.165, 1.54) is 18.4 Å². The lowest BCUT2D eigenvalue weighted by atomic mass is 10.1. The van der Waals surface area contributed by atoms with Gasteiger partial charge in [-0.3, -0.25) is 4.79 Å². The lowest BCUT2D eigenvalue weighted by molar-refractivity contribution is 0.0949. The van der Waals surface area contributed by atoms with Gasteiger partial charge >= 0.3 is 0 Å². The quantitative estimate of drug-likeness (QED) is 0.905. The highest BCUT2D eigenvalue weighted by Gasteiger charge is 2.26. The van der Waals surface area contributed by atoms with Crippen LogP contribution >= 0.6 is 0 Å². The molecule has 0 atom stereocenters. The molecule has 104 valence electrons. The third-order valence-electron chi connectivity index (χ3n) is 3.62. The third kappa shape index (κ3) is 2.71. The fraction of sp³-hybridized carbons (Fsp3) is 0.400. The molecule has 0 radical (unpaired) electrons. The maximum Gasteiger partial charge on any atom is 0.251 e. The van der Waals surface area contributed by atoms with Crippen molar-refractivity contribution in [3.63, 3.8) is 0 Å². The van der Waals surface area contributed by atoms with Crippen LogP contribution in [0.2, 0.25) is 0 Å². The first-order valence-corrected chi connectivity index (χ1v) is 7.03. The van der Waals surface area contributed by atoms with Crippen LogP contribution < -0.4 is 5.32 Å². The van der Waals surface area contributed by atoms with Crippen molar-refractivity contribution in [2.45, 2.75) is 38.8 Å². The zero-order valence-electron chi connectivity index (χ0n) is 11.5. The van der Waals surface area contributed by atoms with Crippen LogP contribution in [0.15, 0.2) is 30.6 Å². The molecule has 20 heavy (non-hydrogen) atoms. The summed E-state index contributed by atoms with van der Waals surface area (Å²) in [7, 11) is 0. The van der Waals surface area contributed by atoms with Crippen molar-refractivity contribution in [1.29, 1.82) is 0 Å². The topological polar surface area (TPSA) is 59.8 Å². The van der Waals surface area contributed by atoms with Crippen molar-refractivity contribution in [1.82, 2.24) is 20.1 Å². The molecule has 3 rings (SSSR count). The molecule has 1 aromatic heterocycles. The van der Waals surface area contributed by atoms with Gasteiger partial charge in [0.1, 0.15) is 6.33 Å². The van der Waals surface area contributed by atoms with Gasteiger partial charge in [-0.2, -0.15) is 0 Å². The largest absolute Gasteiger partial charge is 0.345 e. The third-order valence-corrected chi connectivity index (χ3v) is 3.62. The fourth-order valence-electron chi connectivity index (χ4n) is 2.20. The predicted molar refractivity (Wildman–Crippen MR) is 75.3 cm³/mol. The highest BCUT2D eigenvalue weighted by molar-refractivity contribution is 5.94. The SMILES string of the molecule is CCc1ccc(C(=O)NCc2nncn2C2CC2)cc1. The first kappa shape index (κ1) is 12.8. The zero-order valence-corrected chi connectivity index (χ0v) is 11.5. The van der Waals surface area contributed by atoms with Crippen LogP contribution in [0.3, 0.4) is 0 Å².